The molecule has 3 N–H and O–H groups in total. The molecule has 5 heteroatoms. The average molecular weight is 263 g/mol. The molecule has 1 aromatic carbocycles. The largest absolute Gasteiger partial charge is 0.330 e. The number of anilines is 1. The minimum atomic E-state index is -0.0970. The van der Waals surface area contributed by atoms with Gasteiger partial charge in [-0.3, -0.25) is 14.5 Å². The van der Waals surface area contributed by atoms with Crippen LogP contribution in [0.1, 0.15) is 23.7 Å². The third-order valence-electron chi connectivity index (χ3n) is 2.71. The molecule has 1 rings (SSSR count). The molecule has 0 heterocycles. The number of amides is 1. The van der Waals surface area contributed by atoms with E-state index in [1.54, 1.807) is 24.3 Å². The number of carbonyl (C=O) groups is 2. The molecule has 0 fully saturated rings. The number of ketones is 1. The number of nitrogens with zero attached hydrogens (tertiary/aromatic N) is 1. The first-order chi connectivity index (χ1) is 9.02. The normalized spacial score (nSPS) is 10.5. The van der Waals surface area contributed by atoms with Crippen molar-refractivity contribution in [1.82, 2.24) is 4.90 Å². The summed E-state index contributed by atoms with van der Waals surface area (Å²) in [6.45, 7) is 3.22. The van der Waals surface area contributed by atoms with Gasteiger partial charge in [0.15, 0.2) is 5.78 Å². The molecule has 0 spiro atoms. The summed E-state index contributed by atoms with van der Waals surface area (Å²) < 4.78 is 0. The highest BCUT2D eigenvalue weighted by Crippen LogP contribution is 2.11. The van der Waals surface area contributed by atoms with Gasteiger partial charge in [-0.15, -0.1) is 0 Å². The van der Waals surface area contributed by atoms with Crippen molar-refractivity contribution in [2.45, 2.75) is 13.3 Å². The highest BCUT2D eigenvalue weighted by Gasteiger charge is 2.07. The predicted molar refractivity (Wildman–Crippen MR) is 76.2 cm³/mol. The Morgan fingerprint density at radius 2 is 2.11 bits per heavy atom. The van der Waals surface area contributed by atoms with Crippen molar-refractivity contribution in [3.63, 3.8) is 0 Å². The summed E-state index contributed by atoms with van der Waals surface area (Å²) in [6.07, 6.45) is 0.865. The topological polar surface area (TPSA) is 75.4 Å². The van der Waals surface area contributed by atoms with E-state index in [0.717, 1.165) is 13.0 Å². The molecule has 1 aromatic rings. The molecular formula is C14H21N3O2. The monoisotopic (exact) mass is 263 g/mol. The van der Waals surface area contributed by atoms with Crippen molar-refractivity contribution in [3.8, 4) is 0 Å². The van der Waals surface area contributed by atoms with Gasteiger partial charge in [-0.1, -0.05) is 12.1 Å². The standard InChI is InChI=1S/C14H21N3O2/c1-11(18)12-5-3-6-13(9-12)16-14(19)10-17(2)8-4-7-15/h3,5-6,9H,4,7-8,10,15H2,1-2H3,(H,16,19). The summed E-state index contributed by atoms with van der Waals surface area (Å²) in [5.41, 5.74) is 6.65. The fourth-order valence-electron chi connectivity index (χ4n) is 1.70. The molecule has 0 aromatic heterocycles. The minimum absolute atomic E-state index is 0.0174. The summed E-state index contributed by atoms with van der Waals surface area (Å²) in [4.78, 5) is 25.0. The van der Waals surface area contributed by atoms with E-state index >= 15 is 0 Å². The summed E-state index contributed by atoms with van der Waals surface area (Å²) in [6, 6.07) is 6.93. The summed E-state index contributed by atoms with van der Waals surface area (Å²) in [7, 11) is 1.88. The molecule has 0 aliphatic carbocycles. The third-order valence-corrected chi connectivity index (χ3v) is 2.71. The number of Topliss-reactive ketones (excluding diaryl/α,β-unsaturated/α-hetero) is 1. The highest BCUT2D eigenvalue weighted by atomic mass is 16.2. The number of hydrogen-bond donors (Lipinski definition) is 2. The second-order valence-electron chi connectivity index (χ2n) is 4.57. The lowest BCUT2D eigenvalue weighted by molar-refractivity contribution is -0.117. The zero-order valence-corrected chi connectivity index (χ0v) is 11.5. The van der Waals surface area contributed by atoms with Crippen LogP contribution in [-0.4, -0.2) is 43.3 Å². The molecule has 0 radical (unpaired) electrons. The van der Waals surface area contributed by atoms with E-state index in [-0.39, 0.29) is 11.7 Å². The third kappa shape index (κ3) is 5.63. The summed E-state index contributed by atoms with van der Waals surface area (Å²) in [5.74, 6) is -0.114. The van der Waals surface area contributed by atoms with E-state index in [9.17, 15) is 9.59 Å². The van der Waals surface area contributed by atoms with Gasteiger partial charge in [-0.25, -0.2) is 0 Å². The first-order valence-electron chi connectivity index (χ1n) is 6.32. The Kier molecular flexibility index (Phi) is 6.18. The van der Waals surface area contributed by atoms with Gasteiger partial charge in [0.25, 0.3) is 0 Å². The SMILES string of the molecule is CC(=O)c1cccc(NC(=O)CN(C)CCCN)c1. The molecule has 0 aliphatic rings. The zero-order valence-electron chi connectivity index (χ0n) is 11.5. The molecule has 5 nitrogen and oxygen atoms in total. The van der Waals surface area contributed by atoms with E-state index in [1.165, 1.54) is 6.92 Å². The van der Waals surface area contributed by atoms with Gasteiger partial charge in [0.1, 0.15) is 0 Å². The van der Waals surface area contributed by atoms with Gasteiger partial charge in [0.2, 0.25) is 5.91 Å². The predicted octanol–water partition coefficient (Wildman–Crippen LogP) is 1.11. The van der Waals surface area contributed by atoms with Crippen molar-refractivity contribution in [1.29, 1.82) is 0 Å². The molecule has 0 atom stereocenters. The first kappa shape index (κ1) is 15.3. The lowest BCUT2D eigenvalue weighted by Gasteiger charge is -2.15. The van der Waals surface area contributed by atoms with Gasteiger partial charge in [0.05, 0.1) is 6.54 Å². The fraction of sp³-hybridized carbons (Fsp3) is 0.429. The molecular weight excluding hydrogens is 242 g/mol. The number of nitrogens with two attached hydrogens (primary N) is 1. The fourth-order valence-corrected chi connectivity index (χ4v) is 1.70. The van der Waals surface area contributed by atoms with Crippen molar-refractivity contribution in [2.24, 2.45) is 5.73 Å². The van der Waals surface area contributed by atoms with Crippen molar-refractivity contribution < 1.29 is 9.59 Å². The summed E-state index contributed by atoms with van der Waals surface area (Å²) in [5, 5.41) is 2.78. The van der Waals surface area contributed by atoms with Crippen molar-refractivity contribution in [3.05, 3.63) is 29.8 Å². The number of nitrogens with one attached hydrogen (secondary N) is 1. The number of hydrogen-bond acceptors (Lipinski definition) is 4. The number of likely N-dealkylation sites (N-methyl/N-ethyl adjacent to an activating group) is 1. The van der Waals surface area contributed by atoms with Crippen LogP contribution in [0.4, 0.5) is 5.69 Å². The molecule has 0 aliphatic heterocycles. The van der Waals surface area contributed by atoms with Gasteiger partial charge < -0.3 is 11.1 Å². The molecule has 104 valence electrons. The maximum atomic E-state index is 11.8. The van der Waals surface area contributed by atoms with E-state index in [1.807, 2.05) is 11.9 Å². The van der Waals surface area contributed by atoms with Crippen LogP contribution in [0.5, 0.6) is 0 Å². The first-order valence-corrected chi connectivity index (χ1v) is 6.32. The van der Waals surface area contributed by atoms with Crippen molar-refractivity contribution >= 4 is 17.4 Å². The van der Waals surface area contributed by atoms with Crippen LogP contribution in [0, 0.1) is 0 Å². The Bertz CT molecular complexity index is 446. The van der Waals surface area contributed by atoms with Crippen molar-refractivity contribution in [2.75, 3.05) is 32.0 Å². The number of rotatable bonds is 7. The molecule has 0 unspecified atom stereocenters. The molecule has 0 bridgehead atoms. The number of benzene rings is 1. The number of carbonyl (C=O) groups excluding carboxylic acids is 2. The Hall–Kier alpha value is -1.72. The van der Waals surface area contributed by atoms with Crippen LogP contribution in [0.2, 0.25) is 0 Å². The zero-order chi connectivity index (χ0) is 14.3. The lowest BCUT2D eigenvalue weighted by Crippen LogP contribution is -2.31. The Balaban J connectivity index is 2.52. The van der Waals surface area contributed by atoms with Crippen LogP contribution >= 0.6 is 0 Å². The molecule has 1 amide bonds. The average Bonchev–Trinajstić information content (AvgIpc) is 2.36. The second kappa shape index (κ2) is 7.66. The lowest BCUT2D eigenvalue weighted by atomic mass is 10.1. The summed E-state index contributed by atoms with van der Waals surface area (Å²) >= 11 is 0. The van der Waals surface area contributed by atoms with Crippen LogP contribution in [0.15, 0.2) is 24.3 Å². The van der Waals surface area contributed by atoms with E-state index in [2.05, 4.69) is 5.32 Å². The quantitative estimate of drug-likeness (QED) is 0.723. The minimum Gasteiger partial charge on any atom is -0.330 e. The van der Waals surface area contributed by atoms with E-state index in [4.69, 9.17) is 5.73 Å². The van der Waals surface area contributed by atoms with Gasteiger partial charge >= 0.3 is 0 Å². The van der Waals surface area contributed by atoms with Crippen LogP contribution in [0.25, 0.3) is 0 Å². The van der Waals surface area contributed by atoms with E-state index in [0.29, 0.717) is 24.3 Å². The van der Waals surface area contributed by atoms with Crippen LogP contribution < -0.4 is 11.1 Å². The van der Waals surface area contributed by atoms with E-state index < -0.39 is 0 Å². The smallest absolute Gasteiger partial charge is 0.238 e. The van der Waals surface area contributed by atoms with Crippen LogP contribution in [-0.2, 0) is 4.79 Å². The Morgan fingerprint density at radius 1 is 1.37 bits per heavy atom. The Morgan fingerprint density at radius 3 is 2.74 bits per heavy atom. The van der Waals surface area contributed by atoms with Gasteiger partial charge in [0, 0.05) is 11.3 Å². The maximum Gasteiger partial charge on any atom is 0.238 e. The highest BCUT2D eigenvalue weighted by molar-refractivity contribution is 5.97. The second-order valence-corrected chi connectivity index (χ2v) is 4.57. The maximum absolute atomic E-state index is 11.8. The van der Waals surface area contributed by atoms with Crippen LogP contribution in [0.3, 0.4) is 0 Å². The molecule has 0 saturated heterocycles. The van der Waals surface area contributed by atoms with Gasteiger partial charge in [-0.2, -0.15) is 0 Å². The molecule has 19 heavy (non-hydrogen) atoms. The van der Waals surface area contributed by atoms with Gasteiger partial charge in [-0.05, 0) is 45.6 Å². The Labute approximate surface area is 113 Å². The molecule has 0 saturated carbocycles.